The molecule has 0 amide bonds. The van der Waals surface area contributed by atoms with E-state index in [9.17, 15) is 9.82 Å². The summed E-state index contributed by atoms with van der Waals surface area (Å²) in [6, 6.07) is 0. The van der Waals surface area contributed by atoms with Crippen molar-refractivity contribution in [3.8, 4) is 11.5 Å². The molecule has 0 spiro atoms. The van der Waals surface area contributed by atoms with Gasteiger partial charge in [0, 0.05) is 0 Å². The minimum atomic E-state index is -1.36. The third-order valence-corrected chi connectivity index (χ3v) is 2.87. The SMILES string of the molecule is CB(O)N(C)[CH-]CC(=O)CC#C[Si](C)(C)C.[K+].[K+]. The van der Waals surface area contributed by atoms with Gasteiger partial charge in [0.1, 0.15) is 13.9 Å². The number of ketones is 1. The van der Waals surface area contributed by atoms with E-state index in [0.717, 1.165) is 0 Å². The zero-order valence-corrected chi connectivity index (χ0v) is 20.1. The van der Waals surface area contributed by atoms with Crippen molar-refractivity contribution in [2.24, 2.45) is 0 Å². The number of carbonyl (C=O) groups excluding carboxylic acids is 1. The number of nitrogens with zero attached hydrogens (tertiary/aromatic N) is 1. The molecule has 90 valence electrons. The molecule has 0 aromatic carbocycles. The van der Waals surface area contributed by atoms with Gasteiger partial charge >= 0.3 is 110 Å². The summed E-state index contributed by atoms with van der Waals surface area (Å²) in [6.45, 7) is 9.81. The van der Waals surface area contributed by atoms with Crippen molar-refractivity contribution < 1.29 is 113 Å². The van der Waals surface area contributed by atoms with Crippen LogP contribution >= 0.6 is 0 Å². The third kappa shape index (κ3) is 16.8. The number of hydrogen-bond acceptors (Lipinski definition) is 3. The van der Waals surface area contributed by atoms with Crippen molar-refractivity contribution in [3.63, 3.8) is 0 Å². The summed E-state index contributed by atoms with van der Waals surface area (Å²) in [5, 5.41) is 9.18. The van der Waals surface area contributed by atoms with Crippen LogP contribution in [0.3, 0.4) is 0 Å². The van der Waals surface area contributed by atoms with Crippen molar-refractivity contribution in [1.82, 2.24) is 4.81 Å². The second kappa shape index (κ2) is 13.4. The van der Waals surface area contributed by atoms with Crippen molar-refractivity contribution in [2.75, 3.05) is 7.05 Å². The Labute approximate surface area is 198 Å². The molecule has 18 heavy (non-hydrogen) atoms. The van der Waals surface area contributed by atoms with Gasteiger partial charge in [-0.05, 0) is 6.82 Å². The summed E-state index contributed by atoms with van der Waals surface area (Å²) < 4.78 is 0. The van der Waals surface area contributed by atoms with Crippen LogP contribution in [0.15, 0.2) is 0 Å². The van der Waals surface area contributed by atoms with Gasteiger partial charge in [0.15, 0.2) is 0 Å². The molecule has 3 nitrogen and oxygen atoms in total. The first kappa shape index (κ1) is 25.6. The summed E-state index contributed by atoms with van der Waals surface area (Å²) in [5.74, 6) is 3.03. The van der Waals surface area contributed by atoms with Crippen LogP contribution in [0.1, 0.15) is 12.8 Å². The van der Waals surface area contributed by atoms with Gasteiger partial charge in [0.25, 0.3) is 0 Å². The van der Waals surface area contributed by atoms with Gasteiger partial charge < -0.3 is 14.6 Å². The van der Waals surface area contributed by atoms with Crippen LogP contribution in [-0.2, 0) is 4.79 Å². The largest absolute Gasteiger partial charge is 1.00 e. The van der Waals surface area contributed by atoms with Gasteiger partial charge in [0.05, 0.1) is 6.42 Å². The van der Waals surface area contributed by atoms with E-state index < -0.39 is 15.1 Å². The van der Waals surface area contributed by atoms with Crippen molar-refractivity contribution in [1.29, 1.82) is 0 Å². The van der Waals surface area contributed by atoms with Crippen LogP contribution in [0.5, 0.6) is 0 Å². The maximum Gasteiger partial charge on any atom is 1.00 e. The number of carbonyl (C=O) groups is 1. The van der Waals surface area contributed by atoms with Gasteiger partial charge in [-0.15, -0.1) is 17.9 Å². The molecule has 0 atom stereocenters. The maximum absolute atomic E-state index is 11.4. The maximum atomic E-state index is 11.4. The predicted molar refractivity (Wildman–Crippen MR) is 71.3 cm³/mol. The fourth-order valence-electron chi connectivity index (χ4n) is 0.878. The normalized spacial score (nSPS) is 9.72. The molecule has 0 saturated heterocycles. The Kier molecular flexibility index (Phi) is 19.1. The van der Waals surface area contributed by atoms with E-state index in [-0.39, 0.29) is 109 Å². The van der Waals surface area contributed by atoms with Crippen LogP contribution in [0.2, 0.25) is 26.5 Å². The standard InChI is InChI=1S/C11H21BNO2Si.2K/c1-12(15)13(2)9-8-11(14)7-6-10-16(3,4)5;;/h9,15H,7-8H2,1-5H3;;/q-1;2*+1. The van der Waals surface area contributed by atoms with E-state index in [1.807, 2.05) is 0 Å². The second-order valence-corrected chi connectivity index (χ2v) is 9.70. The van der Waals surface area contributed by atoms with Crippen molar-refractivity contribution >= 4 is 20.9 Å². The molecule has 0 radical (unpaired) electrons. The van der Waals surface area contributed by atoms with E-state index >= 15 is 0 Å². The quantitative estimate of drug-likeness (QED) is 0.315. The molecule has 0 aliphatic heterocycles. The van der Waals surface area contributed by atoms with E-state index in [4.69, 9.17) is 0 Å². The van der Waals surface area contributed by atoms with Crippen LogP contribution in [0, 0.1) is 18.0 Å². The molecule has 0 rings (SSSR count). The number of rotatable bonds is 5. The fourth-order valence-corrected chi connectivity index (χ4v) is 1.50. The smallest absolute Gasteiger partial charge is 0.475 e. The molecule has 7 heteroatoms. The monoisotopic (exact) mass is 316 g/mol. The Morgan fingerprint density at radius 2 is 1.89 bits per heavy atom. The van der Waals surface area contributed by atoms with Gasteiger partial charge in [-0.3, -0.25) is 6.54 Å². The molecule has 0 aromatic heterocycles. The van der Waals surface area contributed by atoms with Crippen LogP contribution in [-0.4, -0.2) is 37.8 Å². The van der Waals surface area contributed by atoms with E-state index in [1.54, 1.807) is 25.2 Å². The van der Waals surface area contributed by atoms with E-state index in [2.05, 4.69) is 31.1 Å². The fraction of sp³-hybridized carbons (Fsp3) is 0.636. The zero-order valence-electron chi connectivity index (χ0n) is 12.9. The predicted octanol–water partition coefficient (Wildman–Crippen LogP) is -4.57. The Balaban J connectivity index is -0.00000112. The Morgan fingerprint density at radius 3 is 2.28 bits per heavy atom. The third-order valence-electron chi connectivity index (χ3n) is 1.95. The summed E-state index contributed by atoms with van der Waals surface area (Å²) >= 11 is 0. The number of Topliss-reactive ketones (excluding diaryl/α,β-unsaturated/α-hetero) is 1. The minimum Gasteiger partial charge on any atom is -0.475 e. The Bertz CT molecular complexity index is 298. The van der Waals surface area contributed by atoms with E-state index in [1.165, 1.54) is 0 Å². The Hall–Kier alpha value is 2.70. The summed E-state index contributed by atoms with van der Waals surface area (Å²) in [7, 11) is -0.174. The first-order chi connectivity index (χ1) is 7.22. The molecule has 0 aliphatic carbocycles. The molecule has 1 N–H and O–H groups in total. The van der Waals surface area contributed by atoms with Crippen molar-refractivity contribution in [3.05, 3.63) is 6.54 Å². The van der Waals surface area contributed by atoms with E-state index in [0.29, 0.717) is 12.8 Å². The zero-order chi connectivity index (χ0) is 12.8. The average molecular weight is 316 g/mol. The topological polar surface area (TPSA) is 40.5 Å². The van der Waals surface area contributed by atoms with Crippen LogP contribution in [0.4, 0.5) is 0 Å². The molecule has 0 bridgehead atoms. The molecular formula is C11H21BK2NO2Si+. The molecule has 0 aliphatic rings. The summed E-state index contributed by atoms with van der Waals surface area (Å²) in [6.07, 6.45) is 0.649. The minimum absolute atomic E-state index is 0. The van der Waals surface area contributed by atoms with Gasteiger partial charge in [-0.25, -0.2) is 0 Å². The molecule has 0 heterocycles. The Morgan fingerprint density at radius 1 is 1.39 bits per heavy atom. The second-order valence-electron chi connectivity index (χ2n) is 4.95. The first-order valence-corrected chi connectivity index (χ1v) is 8.97. The molecule has 0 saturated carbocycles. The van der Waals surface area contributed by atoms with Crippen LogP contribution in [0.25, 0.3) is 0 Å². The van der Waals surface area contributed by atoms with Crippen LogP contribution < -0.4 is 103 Å². The molecule has 0 aromatic rings. The van der Waals surface area contributed by atoms with Gasteiger partial charge in [-0.1, -0.05) is 26.7 Å². The molecule has 0 unspecified atom stereocenters. The molecular weight excluding hydrogens is 295 g/mol. The van der Waals surface area contributed by atoms with Gasteiger partial charge in [-0.2, -0.15) is 0 Å². The summed E-state index contributed by atoms with van der Waals surface area (Å²) in [4.78, 5) is 13.0. The summed E-state index contributed by atoms with van der Waals surface area (Å²) in [5.41, 5.74) is 3.15. The van der Waals surface area contributed by atoms with Gasteiger partial charge in [0.2, 0.25) is 0 Å². The average Bonchev–Trinajstić information content (AvgIpc) is 2.11. The first-order valence-electron chi connectivity index (χ1n) is 5.47. The molecule has 0 fully saturated rings. The number of hydrogen-bond donors (Lipinski definition) is 1. The van der Waals surface area contributed by atoms with Crippen molar-refractivity contribution in [2.45, 2.75) is 39.3 Å².